The number of hydrogen-bond acceptors (Lipinski definition) is 1. The van der Waals surface area contributed by atoms with E-state index in [0.717, 1.165) is 11.5 Å². The molecule has 31 heavy (non-hydrogen) atoms. The van der Waals surface area contributed by atoms with Crippen molar-refractivity contribution in [1.29, 1.82) is 0 Å². The number of hydrogen-bond donors (Lipinski definition) is 0. The molecule has 4 rings (SSSR count). The maximum atomic E-state index is 2.95. The van der Waals surface area contributed by atoms with Crippen molar-refractivity contribution in [1.82, 2.24) is 4.57 Å². The van der Waals surface area contributed by atoms with E-state index in [9.17, 15) is 0 Å². The lowest BCUT2D eigenvalue weighted by Gasteiger charge is -2.57. The van der Waals surface area contributed by atoms with Crippen LogP contribution >= 0.6 is 0 Å². The summed E-state index contributed by atoms with van der Waals surface area (Å²) in [6.07, 6.45) is 6.78. The minimum Gasteiger partial charge on any atom is -0.314 e. The van der Waals surface area contributed by atoms with Crippen molar-refractivity contribution in [3.05, 3.63) is 53.1 Å². The van der Waals surface area contributed by atoms with Gasteiger partial charge in [0.1, 0.15) is 8.24 Å². The molecule has 4 atom stereocenters. The molecule has 0 heterocycles. The molecule has 0 saturated heterocycles. The summed E-state index contributed by atoms with van der Waals surface area (Å²) in [5, 5.41) is 0. The molecule has 3 aliphatic carbocycles. The summed E-state index contributed by atoms with van der Waals surface area (Å²) in [4.78, 5) is 0. The van der Waals surface area contributed by atoms with Gasteiger partial charge < -0.3 is 4.57 Å². The second-order valence-electron chi connectivity index (χ2n) is 13.6. The Hall–Kier alpha value is -1.12. The first-order valence-corrected chi connectivity index (χ1v) is 15.4. The van der Waals surface area contributed by atoms with E-state index in [1.54, 1.807) is 5.57 Å². The van der Waals surface area contributed by atoms with E-state index in [1.165, 1.54) is 23.1 Å². The molecular weight excluding hydrogens is 390 g/mol. The first-order valence-electron chi connectivity index (χ1n) is 12.4. The highest BCUT2D eigenvalue weighted by Crippen LogP contribution is 2.61. The SMILES string of the molecule is CC1CC2C=C3C(=CC2C1[Si](C)(C)N(C(C)(C)C)C(C)(C)C)C(C)(C)c1ccccc13. The quantitative estimate of drug-likeness (QED) is 0.425. The molecule has 0 aliphatic heterocycles. The van der Waals surface area contributed by atoms with Crippen LogP contribution in [-0.2, 0) is 5.41 Å². The molecule has 2 heteroatoms. The molecule has 0 radical (unpaired) electrons. The Kier molecular flexibility index (Phi) is 5.16. The number of nitrogens with zero attached hydrogens (tertiary/aromatic N) is 1. The first-order chi connectivity index (χ1) is 14.1. The molecule has 1 nitrogen and oxygen atoms in total. The van der Waals surface area contributed by atoms with E-state index < -0.39 is 8.24 Å². The lowest BCUT2D eigenvalue weighted by atomic mass is 9.76. The van der Waals surface area contributed by atoms with Gasteiger partial charge in [0.2, 0.25) is 0 Å². The Bertz CT molecular complexity index is 920. The highest BCUT2D eigenvalue weighted by atomic mass is 28.3. The third-order valence-corrected chi connectivity index (χ3v) is 13.6. The van der Waals surface area contributed by atoms with Crippen LogP contribution in [0.2, 0.25) is 18.6 Å². The van der Waals surface area contributed by atoms with Gasteiger partial charge in [-0.25, -0.2) is 0 Å². The second kappa shape index (κ2) is 6.94. The standard InChI is InChI=1S/C29H45NSi/c1-19-16-20-17-23-21-14-12-13-15-24(21)29(8,9)25(23)18-22(20)26(19)31(10,11)30(27(2,3)4)28(5,6)7/h12-15,17-20,22,26H,16H2,1-11H3. The van der Waals surface area contributed by atoms with Crippen molar-refractivity contribution in [2.75, 3.05) is 0 Å². The van der Waals surface area contributed by atoms with Crippen molar-refractivity contribution in [3.8, 4) is 0 Å². The Labute approximate surface area is 193 Å². The smallest absolute Gasteiger partial charge is 0.127 e. The summed E-state index contributed by atoms with van der Waals surface area (Å²) in [5.41, 5.74) is 7.38. The van der Waals surface area contributed by atoms with Crippen molar-refractivity contribution in [2.24, 2.45) is 17.8 Å². The van der Waals surface area contributed by atoms with Gasteiger partial charge in [0.15, 0.2) is 0 Å². The van der Waals surface area contributed by atoms with Crippen LogP contribution in [0, 0.1) is 17.8 Å². The van der Waals surface area contributed by atoms with Crippen LogP contribution in [0.5, 0.6) is 0 Å². The van der Waals surface area contributed by atoms with Crippen molar-refractivity contribution < 1.29 is 0 Å². The Balaban J connectivity index is 1.81. The van der Waals surface area contributed by atoms with E-state index in [0.29, 0.717) is 11.8 Å². The number of allylic oxidation sites excluding steroid dienone is 4. The van der Waals surface area contributed by atoms with Gasteiger partial charge in [0.05, 0.1) is 0 Å². The topological polar surface area (TPSA) is 3.24 Å². The number of rotatable bonds is 2. The van der Waals surface area contributed by atoms with Gasteiger partial charge in [-0.15, -0.1) is 0 Å². The summed E-state index contributed by atoms with van der Waals surface area (Å²) < 4.78 is 2.95. The van der Waals surface area contributed by atoms with E-state index in [1.807, 2.05) is 0 Å². The predicted octanol–water partition coefficient (Wildman–Crippen LogP) is 8.05. The lowest BCUT2D eigenvalue weighted by Crippen LogP contribution is -2.67. The van der Waals surface area contributed by atoms with Crippen LogP contribution in [-0.4, -0.2) is 23.9 Å². The molecule has 0 spiro atoms. The van der Waals surface area contributed by atoms with E-state index in [-0.39, 0.29) is 16.5 Å². The molecule has 0 amide bonds. The summed E-state index contributed by atoms with van der Waals surface area (Å²) in [7, 11) is -1.75. The zero-order chi connectivity index (χ0) is 23.1. The predicted molar refractivity (Wildman–Crippen MR) is 139 cm³/mol. The molecule has 0 N–H and O–H groups in total. The Morgan fingerprint density at radius 1 is 0.935 bits per heavy atom. The molecule has 170 valence electrons. The van der Waals surface area contributed by atoms with Gasteiger partial charge in [-0.1, -0.05) is 70.3 Å². The normalized spacial score (nSPS) is 29.9. The van der Waals surface area contributed by atoms with Crippen LogP contribution in [0.3, 0.4) is 0 Å². The van der Waals surface area contributed by atoms with E-state index in [4.69, 9.17) is 0 Å². The maximum absolute atomic E-state index is 2.95. The van der Waals surface area contributed by atoms with Gasteiger partial charge in [0.25, 0.3) is 0 Å². The molecule has 3 aliphatic rings. The van der Waals surface area contributed by atoms with Crippen molar-refractivity contribution in [2.45, 2.75) is 104 Å². The van der Waals surface area contributed by atoms with Gasteiger partial charge in [-0.2, -0.15) is 0 Å². The van der Waals surface area contributed by atoms with Crippen LogP contribution < -0.4 is 0 Å². The Morgan fingerprint density at radius 3 is 2.10 bits per heavy atom. The molecule has 1 fully saturated rings. The van der Waals surface area contributed by atoms with Crippen LogP contribution in [0.15, 0.2) is 42.0 Å². The maximum Gasteiger partial charge on any atom is 0.127 e. The van der Waals surface area contributed by atoms with Gasteiger partial charge >= 0.3 is 0 Å². The molecule has 0 bridgehead atoms. The highest BCUT2D eigenvalue weighted by molar-refractivity contribution is 6.76. The summed E-state index contributed by atoms with van der Waals surface area (Å²) in [6, 6.07) is 9.13. The lowest BCUT2D eigenvalue weighted by molar-refractivity contribution is 0.121. The second-order valence-corrected chi connectivity index (χ2v) is 18.1. The molecular formula is C29H45NSi. The summed E-state index contributed by atoms with van der Waals surface area (Å²) >= 11 is 0. The van der Waals surface area contributed by atoms with Crippen molar-refractivity contribution in [3.63, 3.8) is 0 Å². The zero-order valence-electron chi connectivity index (χ0n) is 21.9. The van der Waals surface area contributed by atoms with Crippen LogP contribution in [0.25, 0.3) is 5.57 Å². The highest BCUT2D eigenvalue weighted by Gasteiger charge is 2.56. The fourth-order valence-corrected chi connectivity index (χ4v) is 15.2. The van der Waals surface area contributed by atoms with Crippen LogP contribution in [0.4, 0.5) is 0 Å². The molecule has 1 aromatic rings. The number of benzene rings is 1. The van der Waals surface area contributed by atoms with Crippen LogP contribution in [0.1, 0.15) is 79.9 Å². The fraction of sp³-hybridized carbons (Fsp3) is 0.655. The average Bonchev–Trinajstić information content (AvgIpc) is 3.02. The van der Waals surface area contributed by atoms with Gasteiger partial charge in [0, 0.05) is 16.5 Å². The third kappa shape index (κ3) is 3.44. The molecule has 4 unspecified atom stereocenters. The fourth-order valence-electron chi connectivity index (χ4n) is 8.61. The van der Waals surface area contributed by atoms with Crippen molar-refractivity contribution >= 4 is 13.8 Å². The summed E-state index contributed by atoms with van der Waals surface area (Å²) in [5.74, 6) is 2.14. The Morgan fingerprint density at radius 2 is 1.52 bits per heavy atom. The first kappa shape index (κ1) is 23.0. The monoisotopic (exact) mass is 435 g/mol. The number of fused-ring (bicyclic) bond motifs is 4. The largest absolute Gasteiger partial charge is 0.314 e. The minimum absolute atomic E-state index is 0.114. The molecule has 1 aromatic carbocycles. The van der Waals surface area contributed by atoms with E-state index in [2.05, 4.69) is 116 Å². The molecule has 1 saturated carbocycles. The third-order valence-electron chi connectivity index (χ3n) is 8.49. The minimum atomic E-state index is -1.75. The van der Waals surface area contributed by atoms with Gasteiger partial charge in [-0.3, -0.25) is 0 Å². The van der Waals surface area contributed by atoms with Gasteiger partial charge in [-0.05, 0) is 93.5 Å². The average molecular weight is 436 g/mol. The summed E-state index contributed by atoms with van der Waals surface area (Å²) in [6.45, 7) is 27.3. The zero-order valence-corrected chi connectivity index (χ0v) is 22.9. The van der Waals surface area contributed by atoms with E-state index >= 15 is 0 Å². The molecule has 0 aromatic heterocycles.